The zero-order valence-corrected chi connectivity index (χ0v) is 17.0. The van der Waals surface area contributed by atoms with E-state index in [1.54, 1.807) is 19.1 Å². The van der Waals surface area contributed by atoms with Gasteiger partial charge in [0.2, 0.25) is 0 Å². The quantitative estimate of drug-likeness (QED) is 0.404. The fraction of sp³-hybridized carbons (Fsp3) is 0.550. The molecule has 1 aromatic carbocycles. The average Bonchev–Trinajstić information content (AvgIpc) is 2.67. The predicted molar refractivity (Wildman–Crippen MR) is 100 cm³/mol. The number of esters is 3. The number of hydrogen-bond acceptors (Lipinski definition) is 6. The van der Waals surface area contributed by atoms with Crippen LogP contribution in [0.2, 0.25) is 0 Å². The van der Waals surface area contributed by atoms with E-state index in [0.29, 0.717) is 24.2 Å². The van der Waals surface area contributed by atoms with Gasteiger partial charge < -0.3 is 14.2 Å². The van der Waals surface area contributed by atoms with Crippen molar-refractivity contribution in [1.29, 1.82) is 0 Å². The van der Waals surface area contributed by atoms with Gasteiger partial charge in [0.05, 0.1) is 19.1 Å². The lowest BCUT2D eigenvalue weighted by Crippen LogP contribution is -2.50. The molecule has 1 saturated carbocycles. The molecule has 1 aromatic rings. The molecule has 1 fully saturated rings. The fourth-order valence-electron chi connectivity index (χ4n) is 4.45. The van der Waals surface area contributed by atoms with E-state index >= 15 is 0 Å². The van der Waals surface area contributed by atoms with Gasteiger partial charge in [0.15, 0.2) is 5.92 Å². The summed E-state index contributed by atoms with van der Waals surface area (Å²) in [5, 5.41) is 0. The van der Waals surface area contributed by atoms with E-state index in [-0.39, 0.29) is 12.6 Å². The van der Waals surface area contributed by atoms with Crippen molar-refractivity contribution < 1.29 is 28.6 Å². The Morgan fingerprint density at radius 2 is 1.96 bits per heavy atom. The Bertz CT molecular complexity index is 753. The number of rotatable bonds is 4. The lowest BCUT2D eigenvalue weighted by molar-refractivity contribution is -0.168. The summed E-state index contributed by atoms with van der Waals surface area (Å²) in [5.74, 6) is -3.22. The van der Waals surface area contributed by atoms with Gasteiger partial charge in [0, 0.05) is 16.0 Å². The van der Waals surface area contributed by atoms with Gasteiger partial charge in [0.1, 0.15) is 5.75 Å². The van der Waals surface area contributed by atoms with Crippen molar-refractivity contribution in [2.75, 3.05) is 13.7 Å². The molecule has 1 aliphatic carbocycles. The Labute approximate surface area is 166 Å². The summed E-state index contributed by atoms with van der Waals surface area (Å²) in [6.45, 7) is 1.83. The van der Waals surface area contributed by atoms with E-state index in [4.69, 9.17) is 14.2 Å². The molecule has 27 heavy (non-hydrogen) atoms. The molecule has 146 valence electrons. The van der Waals surface area contributed by atoms with E-state index in [9.17, 15) is 14.4 Å². The van der Waals surface area contributed by atoms with Crippen LogP contribution in [0.25, 0.3) is 0 Å². The molecule has 6 nitrogen and oxygen atoms in total. The highest BCUT2D eigenvalue weighted by Crippen LogP contribution is 2.55. The third-order valence-electron chi connectivity index (χ3n) is 5.58. The van der Waals surface area contributed by atoms with Crippen LogP contribution in [-0.2, 0) is 23.9 Å². The van der Waals surface area contributed by atoms with Crippen LogP contribution in [-0.4, -0.2) is 31.6 Å². The maximum absolute atomic E-state index is 13.0. The Morgan fingerprint density at radius 1 is 1.26 bits per heavy atom. The van der Waals surface area contributed by atoms with Gasteiger partial charge in [-0.2, -0.15) is 0 Å². The molecular formula is C20H23BrO6. The summed E-state index contributed by atoms with van der Waals surface area (Å²) in [6.07, 6.45) is 3.78. The number of halogens is 1. The summed E-state index contributed by atoms with van der Waals surface area (Å²) >= 11 is 3.44. The topological polar surface area (TPSA) is 78.9 Å². The largest absolute Gasteiger partial charge is 0.469 e. The third kappa shape index (κ3) is 3.49. The van der Waals surface area contributed by atoms with E-state index in [1.807, 2.05) is 6.07 Å². The lowest BCUT2D eigenvalue weighted by Gasteiger charge is -2.45. The van der Waals surface area contributed by atoms with Crippen LogP contribution >= 0.6 is 15.9 Å². The van der Waals surface area contributed by atoms with Gasteiger partial charge in [-0.25, -0.2) is 0 Å². The van der Waals surface area contributed by atoms with E-state index in [0.717, 1.165) is 23.7 Å². The van der Waals surface area contributed by atoms with Gasteiger partial charge in [-0.05, 0) is 38.0 Å². The van der Waals surface area contributed by atoms with Gasteiger partial charge >= 0.3 is 17.9 Å². The fourth-order valence-corrected chi connectivity index (χ4v) is 4.83. The number of carbonyl (C=O) groups is 3. The molecule has 0 bridgehead atoms. The number of hydrogen-bond donors (Lipinski definition) is 0. The minimum Gasteiger partial charge on any atom is -0.469 e. The first kappa shape index (κ1) is 19.9. The second kappa shape index (κ2) is 8.00. The van der Waals surface area contributed by atoms with E-state index in [1.165, 1.54) is 7.11 Å². The van der Waals surface area contributed by atoms with Crippen molar-refractivity contribution in [1.82, 2.24) is 0 Å². The van der Waals surface area contributed by atoms with Crippen LogP contribution in [0.15, 0.2) is 22.7 Å². The third-order valence-corrected chi connectivity index (χ3v) is 6.07. The number of fused-ring (bicyclic) bond motifs is 1. The first-order valence-electron chi connectivity index (χ1n) is 9.21. The molecule has 0 amide bonds. The van der Waals surface area contributed by atoms with Gasteiger partial charge in [-0.3, -0.25) is 14.4 Å². The van der Waals surface area contributed by atoms with Gasteiger partial charge in [-0.1, -0.05) is 35.2 Å². The molecule has 2 aliphatic rings. The summed E-state index contributed by atoms with van der Waals surface area (Å²) in [7, 11) is 1.35. The Morgan fingerprint density at radius 3 is 2.59 bits per heavy atom. The Hall–Kier alpha value is -1.89. The zero-order valence-electron chi connectivity index (χ0n) is 15.5. The van der Waals surface area contributed by atoms with Crippen molar-refractivity contribution in [3.63, 3.8) is 0 Å². The SMILES string of the molecule is CCOC(=O)[C@@H]1C(=O)Oc2ccc(Br)cc2[C@H]1C1(C(=O)OC)CCCCC1. The predicted octanol–water partition coefficient (Wildman–Crippen LogP) is 3.75. The molecule has 0 unspecified atom stereocenters. The lowest BCUT2D eigenvalue weighted by atomic mass is 9.59. The first-order valence-corrected chi connectivity index (χ1v) is 10.00. The highest BCUT2D eigenvalue weighted by molar-refractivity contribution is 9.10. The maximum atomic E-state index is 13.0. The second-order valence-electron chi connectivity index (χ2n) is 7.02. The van der Waals surface area contributed by atoms with Crippen molar-refractivity contribution in [3.8, 4) is 5.75 Å². The molecular weight excluding hydrogens is 416 g/mol. The van der Waals surface area contributed by atoms with Crippen LogP contribution in [0.1, 0.15) is 50.5 Å². The molecule has 0 radical (unpaired) electrons. The summed E-state index contributed by atoms with van der Waals surface area (Å²) in [4.78, 5) is 38.5. The highest BCUT2D eigenvalue weighted by Gasteiger charge is 2.58. The monoisotopic (exact) mass is 438 g/mol. The Balaban J connectivity index is 2.21. The van der Waals surface area contributed by atoms with Gasteiger partial charge in [-0.15, -0.1) is 0 Å². The standard InChI is InChI=1S/C20H23BrO6/c1-3-26-17(22)15-16(20(19(24)25-2)9-5-4-6-10-20)13-11-12(21)7-8-14(13)27-18(15)23/h7-8,11,15-16H,3-6,9-10H2,1-2H3/t15-,16-/m1/s1. The summed E-state index contributed by atoms with van der Waals surface area (Å²) in [6, 6.07) is 5.26. The summed E-state index contributed by atoms with van der Waals surface area (Å²) in [5.41, 5.74) is -0.298. The van der Waals surface area contributed by atoms with Crippen molar-refractivity contribution in [2.45, 2.75) is 44.9 Å². The van der Waals surface area contributed by atoms with E-state index in [2.05, 4.69) is 15.9 Å². The minimum absolute atomic E-state index is 0.145. The molecule has 0 saturated heterocycles. The number of ether oxygens (including phenoxy) is 3. The molecule has 1 aliphatic heterocycles. The van der Waals surface area contributed by atoms with E-state index < -0.39 is 29.2 Å². The van der Waals surface area contributed by atoms with Gasteiger partial charge in [0.25, 0.3) is 0 Å². The maximum Gasteiger partial charge on any atom is 0.326 e. The Kier molecular flexibility index (Phi) is 5.89. The molecule has 0 spiro atoms. The summed E-state index contributed by atoms with van der Waals surface area (Å²) < 4.78 is 16.5. The molecule has 7 heteroatoms. The van der Waals surface area contributed by atoms with Crippen LogP contribution in [0.3, 0.4) is 0 Å². The molecule has 0 aromatic heterocycles. The smallest absolute Gasteiger partial charge is 0.326 e. The molecule has 0 N–H and O–H groups in total. The van der Waals surface area contributed by atoms with Crippen LogP contribution in [0.4, 0.5) is 0 Å². The molecule has 2 atom stereocenters. The molecule has 1 heterocycles. The normalized spacial score (nSPS) is 23.7. The first-order chi connectivity index (χ1) is 12.9. The average molecular weight is 439 g/mol. The van der Waals surface area contributed by atoms with Crippen molar-refractivity contribution in [3.05, 3.63) is 28.2 Å². The number of carbonyl (C=O) groups excluding carboxylic acids is 3. The molecule has 3 rings (SSSR count). The van der Waals surface area contributed by atoms with Crippen LogP contribution in [0.5, 0.6) is 5.75 Å². The minimum atomic E-state index is -1.19. The van der Waals surface area contributed by atoms with Crippen molar-refractivity contribution in [2.24, 2.45) is 11.3 Å². The number of methoxy groups -OCH3 is 1. The van der Waals surface area contributed by atoms with Crippen LogP contribution in [0, 0.1) is 11.3 Å². The second-order valence-corrected chi connectivity index (χ2v) is 7.93. The number of benzene rings is 1. The van der Waals surface area contributed by atoms with Crippen LogP contribution < -0.4 is 4.74 Å². The van der Waals surface area contributed by atoms with Crippen molar-refractivity contribution >= 4 is 33.8 Å². The highest BCUT2D eigenvalue weighted by atomic mass is 79.9. The zero-order chi connectivity index (χ0) is 19.6.